The largest absolute Gasteiger partial charge is 0.430 e. The number of rotatable bonds is 8. The summed E-state index contributed by atoms with van der Waals surface area (Å²) in [5.74, 6) is 0.0419. The zero-order valence-electron chi connectivity index (χ0n) is 15.5. The van der Waals surface area contributed by atoms with Crippen molar-refractivity contribution in [3.05, 3.63) is 64.7 Å². The quantitative estimate of drug-likeness (QED) is 0.553. The summed E-state index contributed by atoms with van der Waals surface area (Å²) < 4.78 is 30.6. The molecule has 0 spiro atoms. The molecule has 0 fully saturated rings. The van der Waals surface area contributed by atoms with Crippen molar-refractivity contribution in [2.45, 2.75) is 23.4 Å². The van der Waals surface area contributed by atoms with Crippen LogP contribution in [0.15, 0.2) is 52.9 Å². The van der Waals surface area contributed by atoms with E-state index in [0.29, 0.717) is 28.4 Å². The zero-order chi connectivity index (χ0) is 20.9. The van der Waals surface area contributed by atoms with Gasteiger partial charge in [-0.25, -0.2) is 8.42 Å². The molecule has 1 heterocycles. The van der Waals surface area contributed by atoms with E-state index < -0.39 is 9.84 Å². The highest BCUT2D eigenvalue weighted by atomic mass is 35.5. The maximum atomic E-state index is 12.6. The van der Waals surface area contributed by atoms with Crippen molar-refractivity contribution in [1.82, 2.24) is 15.5 Å². The second-order valence-corrected chi connectivity index (χ2v) is 9.64. The molecule has 0 unspecified atom stereocenters. The van der Waals surface area contributed by atoms with E-state index in [9.17, 15) is 13.2 Å². The van der Waals surface area contributed by atoms with Gasteiger partial charge in [-0.05, 0) is 59.7 Å². The van der Waals surface area contributed by atoms with Crippen molar-refractivity contribution in [3.8, 4) is 10.9 Å². The standard InChI is InChI=1S/C19H18ClN3O4S2/c1-2-11-21-17(24)14-5-3-13(4-6-14)12-29(25,26)19-23-22-18(28-19)27-16-9-7-15(20)8-10-16/h3-10H,2,11-12H2,1H3,(H,21,24). The maximum Gasteiger partial charge on any atom is 0.300 e. The van der Waals surface area contributed by atoms with E-state index in [4.69, 9.17) is 16.3 Å². The van der Waals surface area contributed by atoms with Gasteiger partial charge in [0.25, 0.3) is 5.91 Å². The molecule has 0 saturated heterocycles. The van der Waals surface area contributed by atoms with Crippen LogP contribution < -0.4 is 10.1 Å². The number of halogens is 1. The molecule has 3 aromatic rings. The molecule has 2 aromatic carbocycles. The lowest BCUT2D eigenvalue weighted by Crippen LogP contribution is -2.23. The Labute approximate surface area is 177 Å². The van der Waals surface area contributed by atoms with E-state index in [1.54, 1.807) is 48.5 Å². The van der Waals surface area contributed by atoms with Gasteiger partial charge in [-0.1, -0.05) is 35.8 Å². The van der Waals surface area contributed by atoms with E-state index in [1.165, 1.54) is 0 Å². The third kappa shape index (κ3) is 5.75. The molecule has 0 bridgehead atoms. The van der Waals surface area contributed by atoms with E-state index >= 15 is 0 Å². The summed E-state index contributed by atoms with van der Waals surface area (Å²) in [5.41, 5.74) is 1.03. The SMILES string of the molecule is CCCNC(=O)c1ccc(CS(=O)(=O)c2nnc(Oc3ccc(Cl)cc3)s2)cc1. The predicted molar refractivity (Wildman–Crippen MR) is 111 cm³/mol. The topological polar surface area (TPSA) is 98.2 Å². The Morgan fingerprint density at radius 2 is 1.79 bits per heavy atom. The Morgan fingerprint density at radius 3 is 2.45 bits per heavy atom. The van der Waals surface area contributed by atoms with Crippen LogP contribution in [0, 0.1) is 0 Å². The van der Waals surface area contributed by atoms with Gasteiger partial charge in [-0.3, -0.25) is 4.79 Å². The number of ether oxygens (including phenoxy) is 1. The first-order chi connectivity index (χ1) is 13.9. The molecular weight excluding hydrogens is 434 g/mol. The zero-order valence-corrected chi connectivity index (χ0v) is 17.9. The van der Waals surface area contributed by atoms with Gasteiger partial charge in [0.15, 0.2) is 0 Å². The number of amides is 1. The van der Waals surface area contributed by atoms with Gasteiger partial charge in [0, 0.05) is 17.1 Å². The molecule has 3 rings (SSSR count). The Hall–Kier alpha value is -2.49. The summed E-state index contributed by atoms with van der Waals surface area (Å²) in [6, 6.07) is 13.0. The second kappa shape index (κ2) is 9.34. The highest BCUT2D eigenvalue weighted by molar-refractivity contribution is 7.92. The average molecular weight is 452 g/mol. The Morgan fingerprint density at radius 1 is 1.10 bits per heavy atom. The van der Waals surface area contributed by atoms with Gasteiger partial charge in [0.2, 0.25) is 14.2 Å². The molecule has 10 heteroatoms. The minimum absolute atomic E-state index is 0.119. The number of benzene rings is 2. The van der Waals surface area contributed by atoms with Crippen LogP contribution in [0.1, 0.15) is 29.3 Å². The van der Waals surface area contributed by atoms with Gasteiger partial charge < -0.3 is 10.1 Å². The molecule has 1 amide bonds. The first kappa shape index (κ1) is 21.2. The summed E-state index contributed by atoms with van der Waals surface area (Å²) in [5, 5.41) is 11.0. The van der Waals surface area contributed by atoms with Crippen LogP contribution in [-0.4, -0.2) is 31.1 Å². The van der Waals surface area contributed by atoms with Crippen LogP contribution in [0.4, 0.5) is 0 Å². The number of carbonyl (C=O) groups is 1. The van der Waals surface area contributed by atoms with Crippen molar-refractivity contribution >= 4 is 38.7 Å². The van der Waals surface area contributed by atoms with Crippen LogP contribution in [0.3, 0.4) is 0 Å². The van der Waals surface area contributed by atoms with Crippen LogP contribution in [0.25, 0.3) is 0 Å². The number of aromatic nitrogens is 2. The Balaban J connectivity index is 1.67. The van der Waals surface area contributed by atoms with Gasteiger partial charge >= 0.3 is 5.19 Å². The van der Waals surface area contributed by atoms with Crippen molar-refractivity contribution < 1.29 is 17.9 Å². The molecule has 1 aromatic heterocycles. The van der Waals surface area contributed by atoms with Crippen LogP contribution in [-0.2, 0) is 15.6 Å². The molecule has 1 N–H and O–H groups in total. The molecule has 0 aliphatic carbocycles. The van der Waals surface area contributed by atoms with Gasteiger partial charge in [0.05, 0.1) is 5.75 Å². The molecule has 0 radical (unpaired) electrons. The number of hydrogen-bond acceptors (Lipinski definition) is 7. The number of nitrogens with one attached hydrogen (secondary N) is 1. The lowest BCUT2D eigenvalue weighted by Gasteiger charge is -2.05. The normalized spacial score (nSPS) is 11.2. The van der Waals surface area contributed by atoms with Crippen molar-refractivity contribution in [1.29, 1.82) is 0 Å². The Kier molecular flexibility index (Phi) is 6.83. The number of hydrogen-bond donors (Lipinski definition) is 1. The highest BCUT2D eigenvalue weighted by Crippen LogP contribution is 2.29. The predicted octanol–water partition coefficient (Wildman–Crippen LogP) is 4.10. The summed E-state index contributed by atoms with van der Waals surface area (Å²) in [7, 11) is -3.70. The fraction of sp³-hybridized carbons (Fsp3) is 0.211. The smallest absolute Gasteiger partial charge is 0.300 e. The molecule has 0 aliphatic heterocycles. The van der Waals surface area contributed by atoms with E-state index in [0.717, 1.165) is 17.8 Å². The van der Waals surface area contributed by atoms with E-state index in [-0.39, 0.29) is 21.2 Å². The molecule has 0 saturated carbocycles. The minimum Gasteiger partial charge on any atom is -0.430 e. The summed E-state index contributed by atoms with van der Waals surface area (Å²) >= 11 is 6.67. The molecule has 0 atom stereocenters. The molecule has 7 nitrogen and oxygen atoms in total. The number of nitrogens with zero attached hydrogens (tertiary/aromatic N) is 2. The molecule has 29 heavy (non-hydrogen) atoms. The van der Waals surface area contributed by atoms with E-state index in [1.807, 2.05) is 6.92 Å². The molecule has 0 aliphatic rings. The fourth-order valence-corrected chi connectivity index (χ4v) is 4.74. The van der Waals surface area contributed by atoms with Gasteiger partial charge in [-0.2, -0.15) is 0 Å². The lowest BCUT2D eigenvalue weighted by molar-refractivity contribution is 0.0953. The number of sulfone groups is 1. The summed E-state index contributed by atoms with van der Waals surface area (Å²) in [6.45, 7) is 2.56. The molecular formula is C19H18ClN3O4S2. The average Bonchev–Trinajstić information content (AvgIpc) is 3.18. The second-order valence-electron chi connectivity index (χ2n) is 6.10. The summed E-state index contributed by atoms with van der Waals surface area (Å²) in [4.78, 5) is 11.9. The van der Waals surface area contributed by atoms with Crippen LogP contribution in [0.2, 0.25) is 5.02 Å². The van der Waals surface area contributed by atoms with Crippen molar-refractivity contribution in [3.63, 3.8) is 0 Å². The first-order valence-corrected chi connectivity index (χ1v) is 11.6. The fourth-order valence-electron chi connectivity index (χ4n) is 2.34. The monoisotopic (exact) mass is 451 g/mol. The molecule has 152 valence electrons. The third-order valence-corrected chi connectivity index (χ3v) is 6.97. The van der Waals surface area contributed by atoms with Crippen molar-refractivity contribution in [2.75, 3.05) is 6.54 Å². The van der Waals surface area contributed by atoms with Crippen LogP contribution >= 0.6 is 22.9 Å². The minimum atomic E-state index is -3.70. The summed E-state index contributed by atoms with van der Waals surface area (Å²) in [6.07, 6.45) is 0.841. The first-order valence-electron chi connectivity index (χ1n) is 8.74. The van der Waals surface area contributed by atoms with Crippen molar-refractivity contribution in [2.24, 2.45) is 0 Å². The lowest BCUT2D eigenvalue weighted by atomic mass is 10.1. The highest BCUT2D eigenvalue weighted by Gasteiger charge is 2.22. The van der Waals surface area contributed by atoms with Gasteiger partial charge in [0.1, 0.15) is 5.75 Å². The van der Waals surface area contributed by atoms with Crippen LogP contribution in [0.5, 0.6) is 10.9 Å². The number of carbonyl (C=O) groups excluding carboxylic acids is 1. The third-order valence-electron chi connectivity index (χ3n) is 3.78. The van der Waals surface area contributed by atoms with E-state index in [2.05, 4.69) is 15.5 Å². The van der Waals surface area contributed by atoms with Gasteiger partial charge in [-0.15, -0.1) is 5.10 Å². The maximum absolute atomic E-state index is 12.6. The Bertz CT molecular complexity index is 1080.